The van der Waals surface area contributed by atoms with Crippen LogP contribution in [0.25, 0.3) is 0 Å². The third-order valence-electron chi connectivity index (χ3n) is 3.67. The molecule has 134 valence electrons. The molecule has 0 aliphatic carbocycles. The highest BCUT2D eigenvalue weighted by molar-refractivity contribution is 14.0. The summed E-state index contributed by atoms with van der Waals surface area (Å²) < 4.78 is 11.0. The lowest BCUT2D eigenvalue weighted by Gasteiger charge is -2.15. The van der Waals surface area contributed by atoms with E-state index in [-0.39, 0.29) is 24.0 Å². The number of guanidine groups is 1. The van der Waals surface area contributed by atoms with E-state index in [2.05, 4.69) is 33.8 Å². The van der Waals surface area contributed by atoms with Gasteiger partial charge in [-0.1, -0.05) is 42.0 Å². The molecule has 1 aromatic rings. The van der Waals surface area contributed by atoms with Crippen LogP contribution in [-0.2, 0) is 16.1 Å². The second-order valence-corrected chi connectivity index (χ2v) is 5.40. The molecule has 0 bridgehead atoms. The third kappa shape index (κ3) is 8.65. The zero-order valence-electron chi connectivity index (χ0n) is 14.3. The van der Waals surface area contributed by atoms with E-state index in [9.17, 15) is 0 Å². The number of halogens is 1. The van der Waals surface area contributed by atoms with E-state index in [4.69, 9.17) is 9.47 Å². The van der Waals surface area contributed by atoms with E-state index in [0.717, 1.165) is 45.1 Å². The fourth-order valence-corrected chi connectivity index (χ4v) is 2.36. The summed E-state index contributed by atoms with van der Waals surface area (Å²) in [6, 6.07) is 10.2. The molecule has 1 aliphatic rings. The molecule has 2 N–H and O–H groups in total. The lowest BCUT2D eigenvalue weighted by Crippen LogP contribution is -2.39. The van der Waals surface area contributed by atoms with E-state index < -0.39 is 0 Å². The topological polar surface area (TPSA) is 54.9 Å². The molecule has 6 heteroatoms. The van der Waals surface area contributed by atoms with Gasteiger partial charge in [0.25, 0.3) is 0 Å². The van der Waals surface area contributed by atoms with Gasteiger partial charge in [0.2, 0.25) is 0 Å². The Morgan fingerprint density at radius 1 is 1.21 bits per heavy atom. The molecule has 0 saturated carbocycles. The highest BCUT2D eigenvalue weighted by Crippen LogP contribution is 2.10. The van der Waals surface area contributed by atoms with Gasteiger partial charge in [0.15, 0.2) is 5.96 Å². The van der Waals surface area contributed by atoms with Crippen LogP contribution in [0.2, 0.25) is 0 Å². The van der Waals surface area contributed by atoms with E-state index in [1.54, 1.807) is 7.05 Å². The van der Waals surface area contributed by atoms with Crippen molar-refractivity contribution >= 4 is 29.9 Å². The fraction of sp³-hybridized carbons (Fsp3) is 0.500. The van der Waals surface area contributed by atoms with Gasteiger partial charge >= 0.3 is 0 Å². The first kappa shape index (κ1) is 20.9. The van der Waals surface area contributed by atoms with E-state index >= 15 is 0 Å². The summed E-state index contributed by atoms with van der Waals surface area (Å²) >= 11 is 0. The quantitative estimate of drug-likeness (QED) is 0.213. The summed E-state index contributed by atoms with van der Waals surface area (Å²) in [5.74, 6) is 0.820. The Kier molecular flexibility index (Phi) is 11.5. The third-order valence-corrected chi connectivity index (χ3v) is 3.67. The van der Waals surface area contributed by atoms with Gasteiger partial charge in [-0.2, -0.15) is 0 Å². The van der Waals surface area contributed by atoms with Crippen molar-refractivity contribution in [2.24, 2.45) is 4.99 Å². The van der Waals surface area contributed by atoms with Gasteiger partial charge in [0.05, 0.1) is 26.4 Å². The Morgan fingerprint density at radius 2 is 2.00 bits per heavy atom. The van der Waals surface area contributed by atoms with Gasteiger partial charge in [-0.15, -0.1) is 24.0 Å². The normalized spacial score (nSPS) is 14.5. The van der Waals surface area contributed by atoms with Gasteiger partial charge in [-0.25, -0.2) is 0 Å². The minimum Gasteiger partial charge on any atom is -0.377 e. The molecule has 0 saturated heterocycles. The molecule has 0 spiro atoms. The first-order valence-corrected chi connectivity index (χ1v) is 8.20. The maximum Gasteiger partial charge on any atom is 0.191 e. The number of nitrogens with one attached hydrogen (secondary N) is 2. The van der Waals surface area contributed by atoms with Gasteiger partial charge in [-0.3, -0.25) is 4.99 Å². The van der Waals surface area contributed by atoms with Crippen molar-refractivity contribution in [1.82, 2.24) is 10.6 Å². The van der Waals surface area contributed by atoms with E-state index in [0.29, 0.717) is 13.2 Å². The zero-order chi connectivity index (χ0) is 16.2. The van der Waals surface area contributed by atoms with E-state index in [1.165, 1.54) is 11.1 Å². The summed E-state index contributed by atoms with van der Waals surface area (Å²) in [5, 5.41) is 6.59. The SMILES string of the molecule is CN=C(NCCOCc1ccccc1)NCCC1=CCOCC1.I. The first-order valence-electron chi connectivity index (χ1n) is 8.20. The fourth-order valence-electron chi connectivity index (χ4n) is 2.36. The van der Waals surface area contributed by atoms with Gasteiger partial charge in [-0.05, 0) is 18.4 Å². The molecule has 0 unspecified atom stereocenters. The van der Waals surface area contributed by atoms with Gasteiger partial charge in [0, 0.05) is 20.1 Å². The molecule has 0 radical (unpaired) electrons. The molecule has 1 aromatic carbocycles. The largest absolute Gasteiger partial charge is 0.377 e. The summed E-state index contributed by atoms with van der Waals surface area (Å²) in [6.45, 7) is 4.51. The molecule has 0 aromatic heterocycles. The van der Waals surface area contributed by atoms with Crippen LogP contribution in [0.3, 0.4) is 0 Å². The Bertz CT molecular complexity index is 506. The predicted octanol–water partition coefficient (Wildman–Crippen LogP) is 2.72. The monoisotopic (exact) mass is 445 g/mol. The maximum atomic E-state index is 5.65. The summed E-state index contributed by atoms with van der Waals surface area (Å²) in [6.07, 6.45) is 4.26. The van der Waals surface area contributed by atoms with Crippen molar-refractivity contribution in [2.45, 2.75) is 19.4 Å². The molecule has 24 heavy (non-hydrogen) atoms. The van der Waals surface area contributed by atoms with Crippen LogP contribution in [0.1, 0.15) is 18.4 Å². The second-order valence-electron chi connectivity index (χ2n) is 5.40. The maximum absolute atomic E-state index is 5.65. The zero-order valence-corrected chi connectivity index (χ0v) is 16.6. The minimum atomic E-state index is 0. The Balaban J connectivity index is 0.00000288. The molecule has 5 nitrogen and oxygen atoms in total. The van der Waals surface area contributed by atoms with Crippen LogP contribution in [0.15, 0.2) is 47.0 Å². The lowest BCUT2D eigenvalue weighted by atomic mass is 10.1. The van der Waals surface area contributed by atoms with Crippen molar-refractivity contribution in [1.29, 1.82) is 0 Å². The van der Waals surface area contributed by atoms with Crippen LogP contribution in [0, 0.1) is 0 Å². The average molecular weight is 445 g/mol. The molecule has 1 aliphatic heterocycles. The summed E-state index contributed by atoms with van der Waals surface area (Å²) in [4.78, 5) is 4.22. The number of aliphatic imine (C=N–C) groups is 1. The van der Waals surface area contributed by atoms with E-state index in [1.807, 2.05) is 18.2 Å². The van der Waals surface area contributed by atoms with Crippen LogP contribution in [0.4, 0.5) is 0 Å². The molecular weight excluding hydrogens is 417 g/mol. The van der Waals surface area contributed by atoms with Crippen molar-refractivity contribution in [3.8, 4) is 0 Å². The highest BCUT2D eigenvalue weighted by atomic mass is 127. The predicted molar refractivity (Wildman–Crippen MR) is 109 cm³/mol. The van der Waals surface area contributed by atoms with Crippen molar-refractivity contribution in [2.75, 3.05) is 40.0 Å². The average Bonchev–Trinajstić information content (AvgIpc) is 2.61. The number of hydrogen-bond acceptors (Lipinski definition) is 3. The molecule has 0 amide bonds. The Labute approximate surface area is 161 Å². The molecule has 0 atom stereocenters. The molecular formula is C18H28IN3O2. The summed E-state index contributed by atoms with van der Waals surface area (Å²) in [7, 11) is 1.79. The van der Waals surface area contributed by atoms with Gasteiger partial charge < -0.3 is 20.1 Å². The number of benzene rings is 1. The number of ether oxygens (including phenoxy) is 2. The smallest absolute Gasteiger partial charge is 0.191 e. The molecule has 1 heterocycles. The van der Waals surface area contributed by atoms with Crippen LogP contribution in [-0.4, -0.2) is 45.9 Å². The second kappa shape index (κ2) is 13.2. The van der Waals surface area contributed by atoms with Crippen molar-refractivity contribution < 1.29 is 9.47 Å². The minimum absolute atomic E-state index is 0. The standard InChI is InChI=1S/C18H27N3O2.HI/c1-19-18(20-10-7-16-8-12-22-13-9-16)21-11-14-23-15-17-5-3-2-4-6-17;/h2-6,8H,7,9-15H2,1H3,(H2,19,20,21);1H. The van der Waals surface area contributed by atoms with Crippen molar-refractivity contribution in [3.63, 3.8) is 0 Å². The van der Waals surface area contributed by atoms with Crippen molar-refractivity contribution in [3.05, 3.63) is 47.5 Å². The first-order chi connectivity index (χ1) is 11.4. The lowest BCUT2D eigenvalue weighted by molar-refractivity contribution is 0.125. The summed E-state index contributed by atoms with van der Waals surface area (Å²) in [5.41, 5.74) is 2.66. The van der Waals surface area contributed by atoms with Crippen LogP contribution < -0.4 is 10.6 Å². The highest BCUT2D eigenvalue weighted by Gasteiger charge is 2.04. The number of nitrogens with zero attached hydrogens (tertiary/aromatic N) is 1. The molecule has 0 fully saturated rings. The number of hydrogen-bond donors (Lipinski definition) is 2. The Hall–Kier alpha value is -1.12. The van der Waals surface area contributed by atoms with Crippen LogP contribution >= 0.6 is 24.0 Å². The van der Waals surface area contributed by atoms with Crippen LogP contribution in [0.5, 0.6) is 0 Å². The molecule has 2 rings (SSSR count). The van der Waals surface area contributed by atoms with Gasteiger partial charge in [0.1, 0.15) is 0 Å². The number of rotatable bonds is 8. The Morgan fingerprint density at radius 3 is 2.71 bits per heavy atom.